The summed E-state index contributed by atoms with van der Waals surface area (Å²) in [6.07, 6.45) is 0.358. The molecule has 0 N–H and O–H groups in total. The van der Waals surface area contributed by atoms with Gasteiger partial charge in [0.25, 0.3) is 0 Å². The van der Waals surface area contributed by atoms with Gasteiger partial charge in [-0.05, 0) is 54.1 Å². The van der Waals surface area contributed by atoms with Gasteiger partial charge in [0, 0.05) is 9.61 Å². The van der Waals surface area contributed by atoms with Crippen LogP contribution in [0.5, 0.6) is 0 Å². The third-order valence-corrected chi connectivity index (χ3v) is 3.10. The van der Waals surface area contributed by atoms with Crippen LogP contribution in [0.15, 0.2) is 24.3 Å². The Balaban J connectivity index is 2.74. The van der Waals surface area contributed by atoms with Crippen molar-refractivity contribution in [3.8, 4) is 6.07 Å². The van der Waals surface area contributed by atoms with E-state index in [9.17, 15) is 4.79 Å². The van der Waals surface area contributed by atoms with Crippen molar-refractivity contribution in [3.05, 3.63) is 33.4 Å². The van der Waals surface area contributed by atoms with Gasteiger partial charge in [-0.1, -0.05) is 12.1 Å². The van der Waals surface area contributed by atoms with Crippen LogP contribution in [0.25, 0.3) is 0 Å². The molecule has 0 fully saturated rings. The predicted octanol–water partition coefficient (Wildman–Crippen LogP) is 2.59. The zero-order valence-corrected chi connectivity index (χ0v) is 12.1. The summed E-state index contributed by atoms with van der Waals surface area (Å²) in [7, 11) is 0. The van der Waals surface area contributed by atoms with Gasteiger partial charge in [0.05, 0.1) is 12.5 Å². The fourth-order valence-corrected chi connectivity index (χ4v) is 2.17. The van der Waals surface area contributed by atoms with Crippen molar-refractivity contribution in [2.75, 3.05) is 6.54 Å². The highest BCUT2D eigenvalue weighted by Gasteiger charge is 2.16. The number of nitrogens with zero attached hydrogens (tertiary/aromatic N) is 2. The molecule has 0 bridgehead atoms. The van der Waals surface area contributed by atoms with Gasteiger partial charge in [-0.3, -0.25) is 4.79 Å². The Labute approximate surface area is 116 Å². The third kappa shape index (κ3) is 4.35. The maximum absolute atomic E-state index is 12.0. The van der Waals surface area contributed by atoms with E-state index in [1.54, 1.807) is 4.90 Å². The Morgan fingerprint density at radius 2 is 2.24 bits per heavy atom. The largest absolute Gasteiger partial charge is 0.327 e. The molecular formula is C13H15IN2O. The Bertz CT molecular complexity index is 437. The molecule has 0 aliphatic rings. The molecule has 0 unspecified atom stereocenters. The molecule has 3 nitrogen and oxygen atoms in total. The van der Waals surface area contributed by atoms with Gasteiger partial charge in [0.1, 0.15) is 6.54 Å². The van der Waals surface area contributed by atoms with Crippen molar-refractivity contribution in [1.29, 1.82) is 5.26 Å². The molecule has 0 saturated carbocycles. The van der Waals surface area contributed by atoms with Crippen molar-refractivity contribution in [1.82, 2.24) is 4.90 Å². The molecule has 0 atom stereocenters. The third-order valence-electron chi connectivity index (χ3n) is 2.43. The number of rotatable bonds is 4. The summed E-state index contributed by atoms with van der Waals surface area (Å²) in [5, 5.41) is 8.70. The lowest BCUT2D eigenvalue weighted by Gasteiger charge is -2.23. The zero-order chi connectivity index (χ0) is 12.8. The lowest BCUT2D eigenvalue weighted by molar-refractivity contribution is -0.131. The van der Waals surface area contributed by atoms with E-state index in [1.807, 2.05) is 44.2 Å². The van der Waals surface area contributed by atoms with Crippen molar-refractivity contribution in [2.24, 2.45) is 0 Å². The summed E-state index contributed by atoms with van der Waals surface area (Å²) in [5.74, 6) is 0.00329. The Hall–Kier alpha value is -1.09. The second-order valence-corrected chi connectivity index (χ2v) is 5.33. The molecule has 90 valence electrons. The summed E-state index contributed by atoms with van der Waals surface area (Å²) in [5.41, 5.74) is 0.991. The van der Waals surface area contributed by atoms with E-state index in [0.29, 0.717) is 6.42 Å². The molecular weight excluding hydrogens is 327 g/mol. The fraction of sp³-hybridized carbons (Fsp3) is 0.385. The molecule has 0 aliphatic heterocycles. The van der Waals surface area contributed by atoms with Crippen LogP contribution in [0, 0.1) is 14.9 Å². The van der Waals surface area contributed by atoms with Crippen molar-refractivity contribution < 1.29 is 4.79 Å². The summed E-state index contributed by atoms with van der Waals surface area (Å²) in [4.78, 5) is 13.6. The number of hydrogen-bond donors (Lipinski definition) is 0. The van der Waals surface area contributed by atoms with Crippen molar-refractivity contribution in [2.45, 2.75) is 26.3 Å². The number of carbonyl (C=O) groups is 1. The van der Waals surface area contributed by atoms with Gasteiger partial charge >= 0.3 is 0 Å². The van der Waals surface area contributed by atoms with Gasteiger partial charge in [0.2, 0.25) is 5.91 Å². The van der Waals surface area contributed by atoms with E-state index in [4.69, 9.17) is 5.26 Å². The first kappa shape index (κ1) is 14.0. The molecule has 1 aromatic rings. The van der Waals surface area contributed by atoms with Crippen LogP contribution in [0.3, 0.4) is 0 Å². The number of halogens is 1. The normalized spacial score (nSPS) is 10.1. The minimum atomic E-state index is 0.00329. The van der Waals surface area contributed by atoms with Crippen LogP contribution in [0.1, 0.15) is 19.4 Å². The molecule has 4 heteroatoms. The van der Waals surface area contributed by atoms with Crippen molar-refractivity contribution in [3.63, 3.8) is 0 Å². The monoisotopic (exact) mass is 342 g/mol. The molecule has 0 radical (unpaired) electrons. The van der Waals surface area contributed by atoms with Crippen LogP contribution in [0.2, 0.25) is 0 Å². The smallest absolute Gasteiger partial charge is 0.228 e. The first-order chi connectivity index (χ1) is 8.04. The highest BCUT2D eigenvalue weighted by atomic mass is 127. The van der Waals surface area contributed by atoms with Gasteiger partial charge < -0.3 is 4.90 Å². The zero-order valence-electron chi connectivity index (χ0n) is 9.98. The predicted molar refractivity (Wildman–Crippen MR) is 75.3 cm³/mol. The molecule has 1 amide bonds. The van der Waals surface area contributed by atoms with E-state index in [2.05, 4.69) is 22.6 Å². The van der Waals surface area contributed by atoms with E-state index in [0.717, 1.165) is 9.13 Å². The topological polar surface area (TPSA) is 44.1 Å². The van der Waals surface area contributed by atoms with Crippen molar-refractivity contribution >= 4 is 28.5 Å². The van der Waals surface area contributed by atoms with Crippen LogP contribution in [-0.2, 0) is 11.2 Å². The molecule has 0 saturated heterocycles. The average Bonchev–Trinajstić information content (AvgIpc) is 2.25. The van der Waals surface area contributed by atoms with Gasteiger partial charge in [0.15, 0.2) is 0 Å². The number of amides is 1. The Kier molecular flexibility index (Phi) is 5.42. The fourth-order valence-electron chi connectivity index (χ4n) is 1.56. The lowest BCUT2D eigenvalue weighted by atomic mass is 10.1. The molecule has 17 heavy (non-hydrogen) atoms. The Morgan fingerprint density at radius 3 is 2.76 bits per heavy atom. The Morgan fingerprint density at radius 1 is 1.53 bits per heavy atom. The standard InChI is InChI=1S/C13H15IN2O/c1-10(2)16(7-6-15)13(17)9-11-4-3-5-12(14)8-11/h3-5,8,10H,7,9H2,1-2H3. The van der Waals surface area contributed by atoms with Crippen LogP contribution in [0.4, 0.5) is 0 Å². The lowest BCUT2D eigenvalue weighted by Crippen LogP contribution is -2.38. The van der Waals surface area contributed by atoms with Crippen LogP contribution < -0.4 is 0 Å². The molecule has 0 heterocycles. The molecule has 1 rings (SSSR count). The molecule has 0 spiro atoms. The highest BCUT2D eigenvalue weighted by molar-refractivity contribution is 14.1. The van der Waals surface area contributed by atoms with E-state index < -0.39 is 0 Å². The first-order valence-electron chi connectivity index (χ1n) is 5.45. The second-order valence-electron chi connectivity index (χ2n) is 4.08. The van der Waals surface area contributed by atoms with E-state index in [1.165, 1.54) is 0 Å². The SMILES string of the molecule is CC(C)N(CC#N)C(=O)Cc1cccc(I)c1. The minimum Gasteiger partial charge on any atom is -0.327 e. The maximum Gasteiger partial charge on any atom is 0.228 e. The summed E-state index contributed by atoms with van der Waals surface area (Å²) < 4.78 is 1.12. The molecule has 0 aromatic heterocycles. The quantitative estimate of drug-likeness (QED) is 0.624. The number of benzene rings is 1. The molecule has 0 aliphatic carbocycles. The summed E-state index contributed by atoms with van der Waals surface area (Å²) in [6, 6.07) is 9.94. The summed E-state index contributed by atoms with van der Waals surface area (Å²) >= 11 is 2.22. The number of nitriles is 1. The van der Waals surface area contributed by atoms with E-state index >= 15 is 0 Å². The van der Waals surface area contributed by atoms with Gasteiger partial charge in [-0.25, -0.2) is 0 Å². The first-order valence-corrected chi connectivity index (χ1v) is 6.53. The molecule has 1 aromatic carbocycles. The maximum atomic E-state index is 12.0. The average molecular weight is 342 g/mol. The van der Waals surface area contributed by atoms with E-state index in [-0.39, 0.29) is 18.5 Å². The number of hydrogen-bond acceptors (Lipinski definition) is 2. The van der Waals surface area contributed by atoms with Gasteiger partial charge in [-0.2, -0.15) is 5.26 Å². The summed E-state index contributed by atoms with van der Waals surface area (Å²) in [6.45, 7) is 3.99. The number of carbonyl (C=O) groups excluding carboxylic acids is 1. The highest BCUT2D eigenvalue weighted by Crippen LogP contribution is 2.10. The van der Waals surface area contributed by atoms with Crippen LogP contribution >= 0.6 is 22.6 Å². The minimum absolute atomic E-state index is 0.00329. The van der Waals surface area contributed by atoms with Gasteiger partial charge in [-0.15, -0.1) is 0 Å². The van der Waals surface area contributed by atoms with Crippen LogP contribution in [-0.4, -0.2) is 23.4 Å². The second kappa shape index (κ2) is 6.60.